The van der Waals surface area contributed by atoms with Crippen molar-refractivity contribution in [2.24, 2.45) is 0 Å². The Morgan fingerprint density at radius 1 is 1.35 bits per heavy atom. The molecule has 110 valence electrons. The Morgan fingerprint density at radius 2 is 2.05 bits per heavy atom. The van der Waals surface area contributed by atoms with Crippen molar-refractivity contribution in [2.75, 3.05) is 19.6 Å². The molecule has 20 heavy (non-hydrogen) atoms. The van der Waals surface area contributed by atoms with Crippen molar-refractivity contribution >= 4 is 5.91 Å². The number of benzene rings is 1. The Balaban J connectivity index is 1.89. The molecule has 0 unspecified atom stereocenters. The van der Waals surface area contributed by atoms with Gasteiger partial charge in [-0.05, 0) is 37.9 Å². The van der Waals surface area contributed by atoms with Crippen molar-refractivity contribution in [3.05, 3.63) is 23.8 Å². The first-order chi connectivity index (χ1) is 9.60. The third kappa shape index (κ3) is 3.63. The van der Waals surface area contributed by atoms with Crippen LogP contribution < -0.4 is 5.32 Å². The van der Waals surface area contributed by atoms with Gasteiger partial charge in [0.1, 0.15) is 11.5 Å². The van der Waals surface area contributed by atoms with Gasteiger partial charge in [-0.15, -0.1) is 0 Å². The Kier molecular flexibility index (Phi) is 4.84. The minimum atomic E-state index is -0.281. The highest BCUT2D eigenvalue weighted by molar-refractivity contribution is 5.97. The van der Waals surface area contributed by atoms with Gasteiger partial charge in [-0.2, -0.15) is 0 Å². The fourth-order valence-electron chi connectivity index (χ4n) is 2.59. The zero-order chi connectivity index (χ0) is 14.5. The molecule has 2 rings (SSSR count). The van der Waals surface area contributed by atoms with Crippen LogP contribution in [0.2, 0.25) is 0 Å². The number of likely N-dealkylation sites (tertiary alicyclic amines) is 1. The van der Waals surface area contributed by atoms with Gasteiger partial charge in [0.2, 0.25) is 0 Å². The Morgan fingerprint density at radius 3 is 2.65 bits per heavy atom. The number of nitrogens with zero attached hydrogens (tertiary/aromatic N) is 1. The van der Waals surface area contributed by atoms with E-state index < -0.39 is 0 Å². The van der Waals surface area contributed by atoms with E-state index in [2.05, 4.69) is 17.1 Å². The lowest BCUT2D eigenvalue weighted by molar-refractivity contribution is 0.0908. The number of hydrogen-bond donors (Lipinski definition) is 3. The van der Waals surface area contributed by atoms with Gasteiger partial charge in [-0.25, -0.2) is 0 Å². The lowest BCUT2D eigenvalue weighted by Crippen LogP contribution is -2.44. The number of piperidine rings is 1. The summed E-state index contributed by atoms with van der Waals surface area (Å²) in [5.74, 6) is -0.519. The number of hydrogen-bond acceptors (Lipinski definition) is 4. The molecule has 1 aliphatic rings. The number of carbonyl (C=O) groups is 1. The van der Waals surface area contributed by atoms with Crippen LogP contribution in [-0.4, -0.2) is 46.7 Å². The summed E-state index contributed by atoms with van der Waals surface area (Å²) in [5, 5.41) is 21.8. The van der Waals surface area contributed by atoms with Gasteiger partial charge in [-0.3, -0.25) is 4.79 Å². The second-order valence-electron chi connectivity index (χ2n) is 5.29. The smallest absolute Gasteiger partial charge is 0.255 e. The summed E-state index contributed by atoms with van der Waals surface area (Å²) in [6.45, 7) is 5.28. The molecule has 3 N–H and O–H groups in total. The van der Waals surface area contributed by atoms with Crippen LogP contribution in [-0.2, 0) is 0 Å². The van der Waals surface area contributed by atoms with E-state index in [1.165, 1.54) is 18.2 Å². The Hall–Kier alpha value is -1.75. The maximum absolute atomic E-state index is 12.1. The third-order valence-corrected chi connectivity index (χ3v) is 3.69. The molecule has 0 radical (unpaired) electrons. The normalized spacial score (nSPS) is 17.1. The highest BCUT2D eigenvalue weighted by Crippen LogP contribution is 2.23. The Labute approximate surface area is 119 Å². The molecule has 5 heteroatoms. The van der Waals surface area contributed by atoms with E-state index in [9.17, 15) is 15.0 Å². The van der Waals surface area contributed by atoms with E-state index in [1.807, 2.05) is 0 Å². The molecular weight excluding hydrogens is 256 g/mol. The summed E-state index contributed by atoms with van der Waals surface area (Å²) in [5.41, 5.74) is 0.207. The van der Waals surface area contributed by atoms with Crippen molar-refractivity contribution in [3.8, 4) is 11.5 Å². The van der Waals surface area contributed by atoms with E-state index in [4.69, 9.17) is 0 Å². The monoisotopic (exact) mass is 278 g/mol. The molecule has 0 bridgehead atoms. The van der Waals surface area contributed by atoms with Crippen molar-refractivity contribution in [1.29, 1.82) is 0 Å². The first kappa shape index (κ1) is 14.7. The molecule has 1 aromatic rings. The SMILES string of the molecule is CCCN1CCC(NC(=O)c2ccc(O)cc2O)CC1. The van der Waals surface area contributed by atoms with Gasteiger partial charge in [-0.1, -0.05) is 6.92 Å². The maximum atomic E-state index is 12.1. The molecule has 1 amide bonds. The highest BCUT2D eigenvalue weighted by atomic mass is 16.3. The third-order valence-electron chi connectivity index (χ3n) is 3.69. The first-order valence-electron chi connectivity index (χ1n) is 7.15. The van der Waals surface area contributed by atoms with Crippen LogP contribution in [0.4, 0.5) is 0 Å². The predicted molar refractivity (Wildman–Crippen MR) is 77.0 cm³/mol. The fourth-order valence-corrected chi connectivity index (χ4v) is 2.59. The summed E-state index contributed by atoms with van der Waals surface area (Å²) in [6, 6.07) is 4.17. The second kappa shape index (κ2) is 6.61. The van der Waals surface area contributed by atoms with E-state index in [-0.39, 0.29) is 29.0 Å². The van der Waals surface area contributed by atoms with E-state index in [1.54, 1.807) is 0 Å². The number of rotatable bonds is 4. The van der Waals surface area contributed by atoms with Gasteiger partial charge < -0.3 is 20.4 Å². The van der Waals surface area contributed by atoms with Gasteiger partial charge in [0.15, 0.2) is 0 Å². The molecule has 1 aliphatic heterocycles. The van der Waals surface area contributed by atoms with Crippen LogP contribution in [0.5, 0.6) is 11.5 Å². The zero-order valence-corrected chi connectivity index (χ0v) is 11.8. The summed E-state index contributed by atoms with van der Waals surface area (Å²) < 4.78 is 0. The van der Waals surface area contributed by atoms with Crippen molar-refractivity contribution < 1.29 is 15.0 Å². The summed E-state index contributed by atoms with van der Waals surface area (Å²) in [4.78, 5) is 14.5. The van der Waals surface area contributed by atoms with E-state index >= 15 is 0 Å². The number of phenolic OH excluding ortho intramolecular Hbond substituents is 2. The molecule has 0 aliphatic carbocycles. The molecule has 0 spiro atoms. The highest BCUT2D eigenvalue weighted by Gasteiger charge is 2.21. The van der Waals surface area contributed by atoms with Crippen LogP contribution in [0, 0.1) is 0 Å². The predicted octanol–water partition coefficient (Wildman–Crippen LogP) is 1.70. The average Bonchev–Trinajstić information content (AvgIpc) is 2.41. The molecular formula is C15H22N2O3. The van der Waals surface area contributed by atoms with Gasteiger partial charge >= 0.3 is 0 Å². The Bertz CT molecular complexity index is 468. The minimum absolute atomic E-state index is 0.0491. The quantitative estimate of drug-likeness (QED) is 0.784. The van der Waals surface area contributed by atoms with Crippen molar-refractivity contribution in [2.45, 2.75) is 32.2 Å². The van der Waals surface area contributed by atoms with Crippen molar-refractivity contribution in [3.63, 3.8) is 0 Å². The number of phenols is 2. The second-order valence-corrected chi connectivity index (χ2v) is 5.29. The summed E-state index contributed by atoms with van der Waals surface area (Å²) in [7, 11) is 0. The molecule has 1 saturated heterocycles. The molecule has 1 heterocycles. The van der Waals surface area contributed by atoms with Gasteiger partial charge in [0, 0.05) is 25.2 Å². The van der Waals surface area contributed by atoms with E-state index in [0.717, 1.165) is 38.9 Å². The number of nitrogens with one attached hydrogen (secondary N) is 1. The molecule has 0 saturated carbocycles. The number of amides is 1. The van der Waals surface area contributed by atoms with E-state index in [0.29, 0.717) is 0 Å². The summed E-state index contributed by atoms with van der Waals surface area (Å²) >= 11 is 0. The lowest BCUT2D eigenvalue weighted by Gasteiger charge is -2.32. The standard InChI is InChI=1S/C15H22N2O3/c1-2-7-17-8-5-11(6-9-17)16-15(20)13-4-3-12(18)10-14(13)19/h3-4,10-11,18-19H,2,5-9H2,1H3,(H,16,20). The fraction of sp³-hybridized carbons (Fsp3) is 0.533. The van der Waals surface area contributed by atoms with Crippen LogP contribution in [0.15, 0.2) is 18.2 Å². The van der Waals surface area contributed by atoms with Crippen molar-refractivity contribution in [1.82, 2.24) is 10.2 Å². The minimum Gasteiger partial charge on any atom is -0.508 e. The van der Waals surface area contributed by atoms with Gasteiger partial charge in [0.05, 0.1) is 5.56 Å². The maximum Gasteiger partial charge on any atom is 0.255 e. The first-order valence-corrected chi connectivity index (χ1v) is 7.15. The zero-order valence-electron chi connectivity index (χ0n) is 11.8. The molecule has 1 fully saturated rings. The molecule has 0 aromatic heterocycles. The lowest BCUT2D eigenvalue weighted by atomic mass is 10.0. The van der Waals surface area contributed by atoms with Crippen LogP contribution in [0.25, 0.3) is 0 Å². The molecule has 1 aromatic carbocycles. The van der Waals surface area contributed by atoms with Crippen LogP contribution >= 0.6 is 0 Å². The molecule has 0 atom stereocenters. The largest absolute Gasteiger partial charge is 0.508 e. The van der Waals surface area contributed by atoms with Crippen LogP contribution in [0.3, 0.4) is 0 Å². The molecule has 5 nitrogen and oxygen atoms in total. The average molecular weight is 278 g/mol. The number of carbonyl (C=O) groups excluding carboxylic acids is 1. The number of aromatic hydroxyl groups is 2. The van der Waals surface area contributed by atoms with Crippen LogP contribution in [0.1, 0.15) is 36.5 Å². The summed E-state index contributed by atoms with van der Waals surface area (Å²) in [6.07, 6.45) is 3.02. The topological polar surface area (TPSA) is 72.8 Å². The van der Waals surface area contributed by atoms with Gasteiger partial charge in [0.25, 0.3) is 5.91 Å².